The van der Waals surface area contributed by atoms with E-state index < -0.39 is 0 Å². The maximum absolute atomic E-state index is 5.69. The fourth-order valence-corrected chi connectivity index (χ4v) is 5.25. The minimum atomic E-state index is 0.0311. The van der Waals surface area contributed by atoms with E-state index in [1.807, 2.05) is 42.1 Å². The Morgan fingerprint density at radius 3 is 1.86 bits per heavy atom. The average molecular weight is 715 g/mol. The summed E-state index contributed by atoms with van der Waals surface area (Å²) in [7, 11) is 0. The van der Waals surface area contributed by atoms with E-state index in [9.17, 15) is 0 Å². The first-order chi connectivity index (χ1) is 17.1. The van der Waals surface area contributed by atoms with Gasteiger partial charge < -0.3 is 18.9 Å². The molecule has 2 aromatic rings. The molecule has 2 heterocycles. The van der Waals surface area contributed by atoms with Crippen molar-refractivity contribution >= 4 is 72.2 Å². The molecule has 2 atom stereocenters. The molecule has 4 rings (SSSR count). The molecule has 0 aliphatic carbocycles. The molecule has 196 valence electrons. The van der Waals surface area contributed by atoms with Crippen molar-refractivity contribution in [2.45, 2.75) is 60.9 Å². The number of hydrogen-bond acceptors (Lipinski definition) is 6. The summed E-state index contributed by atoms with van der Waals surface area (Å²) < 4.78 is 24.1. The first-order valence-corrected chi connectivity index (χ1v) is 16.1. The monoisotopic (exact) mass is 712 g/mol. The fraction of sp³-hybridized carbons (Fsp3) is 0.538. The average Bonchev–Trinajstić information content (AvgIpc) is 2.90. The van der Waals surface area contributed by atoms with E-state index >= 15 is 0 Å². The molecule has 2 fully saturated rings. The van der Waals surface area contributed by atoms with Crippen LogP contribution >= 0.6 is 72.2 Å². The van der Waals surface area contributed by atoms with E-state index in [2.05, 4.69) is 78.6 Å². The normalized spacial score (nSPS) is 19.7. The van der Waals surface area contributed by atoms with E-state index in [4.69, 9.17) is 18.9 Å². The van der Waals surface area contributed by atoms with Crippen molar-refractivity contribution < 1.29 is 18.9 Å². The van der Waals surface area contributed by atoms with E-state index in [-0.39, 0.29) is 12.6 Å². The quantitative estimate of drug-likeness (QED) is 0.128. The summed E-state index contributed by atoms with van der Waals surface area (Å²) in [6.45, 7) is 3.22. The standard InChI is InChI=1S/C13H17BrO2S.C7H13BrO2.C6H5BrS/c14-11-5-1-2-6-12(11)17-10-9-16-13-7-3-4-8-15-13;8-4-6-10-7-3-1-2-5-9-7;7-5-3-1-2-4-6(5)8/h1-2,5-6,13H,3-4,7-10H2;7H,1-6H2;1-4,8H. The highest BCUT2D eigenvalue weighted by Crippen LogP contribution is 2.27. The molecule has 0 amide bonds. The van der Waals surface area contributed by atoms with E-state index in [1.54, 1.807) is 0 Å². The molecule has 2 aliphatic rings. The van der Waals surface area contributed by atoms with Gasteiger partial charge in [-0.2, -0.15) is 0 Å². The van der Waals surface area contributed by atoms with E-state index in [0.717, 1.165) is 64.2 Å². The Labute approximate surface area is 245 Å². The van der Waals surface area contributed by atoms with Crippen LogP contribution < -0.4 is 0 Å². The summed E-state index contributed by atoms with van der Waals surface area (Å²) in [4.78, 5) is 2.24. The second kappa shape index (κ2) is 20.4. The third-order valence-electron chi connectivity index (χ3n) is 4.99. The van der Waals surface area contributed by atoms with Gasteiger partial charge in [0.2, 0.25) is 0 Å². The smallest absolute Gasteiger partial charge is 0.157 e. The second-order valence-electron chi connectivity index (χ2n) is 7.75. The van der Waals surface area contributed by atoms with Gasteiger partial charge in [0.15, 0.2) is 12.6 Å². The maximum Gasteiger partial charge on any atom is 0.157 e. The number of thioether (sulfide) groups is 1. The topological polar surface area (TPSA) is 36.9 Å². The number of halogens is 3. The Kier molecular flexibility index (Phi) is 18.4. The second-order valence-corrected chi connectivity index (χ2v) is 11.9. The molecule has 2 unspecified atom stereocenters. The highest BCUT2D eigenvalue weighted by atomic mass is 79.9. The SMILES string of the molecule is BrCCOC1CCCCO1.Brc1ccccc1SCCOC1CCCCO1.Sc1ccccc1Br. The molecule has 2 saturated heterocycles. The van der Waals surface area contributed by atoms with Crippen LogP contribution in [0.2, 0.25) is 0 Å². The zero-order valence-corrected chi connectivity index (χ0v) is 26.4. The molecule has 0 radical (unpaired) electrons. The summed E-state index contributed by atoms with van der Waals surface area (Å²) in [5.41, 5.74) is 0. The molecule has 0 aromatic heterocycles. The summed E-state index contributed by atoms with van der Waals surface area (Å²) in [5, 5.41) is 0.896. The van der Waals surface area contributed by atoms with Gasteiger partial charge in [-0.15, -0.1) is 24.4 Å². The van der Waals surface area contributed by atoms with Crippen molar-refractivity contribution in [1.82, 2.24) is 0 Å². The fourth-order valence-electron chi connectivity index (χ4n) is 3.21. The molecule has 2 aromatic carbocycles. The van der Waals surface area contributed by atoms with Crippen molar-refractivity contribution in [3.63, 3.8) is 0 Å². The van der Waals surface area contributed by atoms with Crippen LogP contribution in [-0.4, -0.2) is 50.1 Å². The molecule has 4 nitrogen and oxygen atoms in total. The molecule has 0 N–H and O–H groups in total. The maximum atomic E-state index is 5.69. The zero-order valence-electron chi connectivity index (χ0n) is 19.9. The molecule has 2 aliphatic heterocycles. The predicted molar refractivity (Wildman–Crippen MR) is 159 cm³/mol. The van der Waals surface area contributed by atoms with Crippen LogP contribution in [0.4, 0.5) is 0 Å². The Hall–Kier alpha value is 0.420. The number of rotatable bonds is 8. The molecule has 9 heteroatoms. The van der Waals surface area contributed by atoms with Crippen LogP contribution in [0.25, 0.3) is 0 Å². The largest absolute Gasteiger partial charge is 0.353 e. The first-order valence-electron chi connectivity index (χ1n) is 11.9. The van der Waals surface area contributed by atoms with Crippen molar-refractivity contribution in [3.8, 4) is 0 Å². The number of alkyl halides is 1. The third kappa shape index (κ3) is 14.8. The highest BCUT2D eigenvalue weighted by Gasteiger charge is 2.14. The lowest BCUT2D eigenvalue weighted by atomic mass is 10.2. The Morgan fingerprint density at radius 1 is 0.800 bits per heavy atom. The van der Waals surface area contributed by atoms with Crippen molar-refractivity contribution in [2.75, 3.05) is 37.5 Å². The van der Waals surface area contributed by atoms with Crippen LogP contribution in [0.1, 0.15) is 38.5 Å². The zero-order chi connectivity index (χ0) is 25.1. The van der Waals surface area contributed by atoms with Gasteiger partial charge >= 0.3 is 0 Å². The van der Waals surface area contributed by atoms with Crippen molar-refractivity contribution in [1.29, 1.82) is 0 Å². The lowest BCUT2D eigenvalue weighted by Crippen LogP contribution is -2.23. The van der Waals surface area contributed by atoms with Gasteiger partial charge in [0.25, 0.3) is 0 Å². The van der Waals surface area contributed by atoms with Gasteiger partial charge in [0.1, 0.15) is 0 Å². The molecule has 0 bridgehead atoms. The van der Waals surface area contributed by atoms with Gasteiger partial charge in [-0.05, 0) is 94.7 Å². The van der Waals surface area contributed by atoms with Crippen molar-refractivity contribution in [2.24, 2.45) is 0 Å². The summed E-state index contributed by atoms with van der Waals surface area (Å²) in [6, 6.07) is 16.1. The van der Waals surface area contributed by atoms with Crippen LogP contribution in [0.5, 0.6) is 0 Å². The number of benzene rings is 2. The summed E-state index contributed by atoms with van der Waals surface area (Å²) >= 11 is 16.1. The molecule has 0 saturated carbocycles. The summed E-state index contributed by atoms with van der Waals surface area (Å²) in [5.74, 6) is 0.961. The van der Waals surface area contributed by atoms with Crippen LogP contribution in [0.15, 0.2) is 67.3 Å². The van der Waals surface area contributed by atoms with Crippen LogP contribution in [-0.2, 0) is 18.9 Å². The molecule has 0 spiro atoms. The number of ether oxygens (including phenoxy) is 4. The van der Waals surface area contributed by atoms with Crippen LogP contribution in [0, 0.1) is 0 Å². The van der Waals surface area contributed by atoms with Gasteiger partial charge in [0.05, 0.1) is 13.2 Å². The molecular formula is C26H35Br3O4S2. The molecule has 35 heavy (non-hydrogen) atoms. The van der Waals surface area contributed by atoms with E-state index in [1.165, 1.54) is 30.6 Å². The lowest BCUT2D eigenvalue weighted by Gasteiger charge is -2.22. The third-order valence-corrected chi connectivity index (χ3v) is 8.69. The molecular weight excluding hydrogens is 680 g/mol. The highest BCUT2D eigenvalue weighted by molar-refractivity contribution is 9.10. The van der Waals surface area contributed by atoms with Gasteiger partial charge in [-0.1, -0.05) is 40.2 Å². The Morgan fingerprint density at radius 2 is 1.37 bits per heavy atom. The Bertz CT molecular complexity index is 783. The summed E-state index contributed by atoms with van der Waals surface area (Å²) in [6.07, 6.45) is 7.04. The van der Waals surface area contributed by atoms with Gasteiger partial charge in [0, 0.05) is 43.0 Å². The lowest BCUT2D eigenvalue weighted by molar-refractivity contribution is -0.158. The van der Waals surface area contributed by atoms with Gasteiger partial charge in [-0.25, -0.2) is 0 Å². The minimum absolute atomic E-state index is 0.0311. The number of thiol groups is 1. The number of hydrogen-bond donors (Lipinski definition) is 1. The first kappa shape index (κ1) is 31.6. The minimum Gasteiger partial charge on any atom is -0.353 e. The van der Waals surface area contributed by atoms with Gasteiger partial charge in [-0.3, -0.25) is 0 Å². The van der Waals surface area contributed by atoms with E-state index in [0.29, 0.717) is 0 Å². The Balaban J connectivity index is 0.000000204. The predicted octanol–water partition coefficient (Wildman–Crippen LogP) is 8.75. The van der Waals surface area contributed by atoms with Crippen LogP contribution in [0.3, 0.4) is 0 Å². The van der Waals surface area contributed by atoms with Crippen molar-refractivity contribution in [3.05, 3.63) is 57.5 Å².